The lowest BCUT2D eigenvalue weighted by Crippen LogP contribution is -2.23. The molecule has 2 rings (SSSR count). The summed E-state index contributed by atoms with van der Waals surface area (Å²) in [6, 6.07) is 7.39. The molecule has 0 aliphatic carbocycles. The number of aromatic nitrogens is 3. The molecule has 0 bridgehead atoms. The summed E-state index contributed by atoms with van der Waals surface area (Å²) >= 11 is 0. The lowest BCUT2D eigenvalue weighted by molar-refractivity contribution is 0.0953. The Morgan fingerprint density at radius 3 is 2.75 bits per heavy atom. The van der Waals surface area contributed by atoms with E-state index in [2.05, 4.69) is 27.5 Å². The fourth-order valence-corrected chi connectivity index (χ4v) is 1.49. The van der Waals surface area contributed by atoms with Crippen LogP contribution in [-0.4, -0.2) is 34.6 Å². The Kier molecular flexibility index (Phi) is 4.35. The molecule has 0 saturated heterocycles. The number of carbonyl (C=O) groups excluding carboxylic acids is 1. The first-order valence-corrected chi connectivity index (χ1v) is 5.96. The summed E-state index contributed by atoms with van der Waals surface area (Å²) in [7, 11) is 3.32. The summed E-state index contributed by atoms with van der Waals surface area (Å²) in [6.07, 6.45) is 1.55. The number of ether oxygens (including phenoxy) is 1. The van der Waals surface area contributed by atoms with Crippen LogP contribution in [0.3, 0.4) is 0 Å². The summed E-state index contributed by atoms with van der Waals surface area (Å²) in [5.41, 5.74) is 1.14. The van der Waals surface area contributed by atoms with Gasteiger partial charge in [-0.15, -0.1) is 5.10 Å². The van der Waals surface area contributed by atoms with Gasteiger partial charge in [0.2, 0.25) is 0 Å². The van der Waals surface area contributed by atoms with E-state index in [0.29, 0.717) is 0 Å². The van der Waals surface area contributed by atoms with Gasteiger partial charge in [0.05, 0.1) is 19.9 Å². The van der Waals surface area contributed by atoms with Crippen molar-refractivity contribution in [3.63, 3.8) is 0 Å². The Balaban J connectivity index is 1.86. The molecule has 1 aromatic carbocycles. The molecule has 102 valence electrons. The van der Waals surface area contributed by atoms with Crippen LogP contribution < -0.4 is 10.1 Å². The normalized spacial score (nSPS) is 9.50. The molecule has 20 heavy (non-hydrogen) atoms. The van der Waals surface area contributed by atoms with Crippen LogP contribution in [0.15, 0.2) is 30.5 Å². The number of nitrogens with one attached hydrogen (secondary N) is 1. The van der Waals surface area contributed by atoms with Gasteiger partial charge in [0, 0.05) is 12.6 Å². The lowest BCUT2D eigenvalue weighted by atomic mass is 10.2. The molecular formula is C14H14N4O2. The second-order valence-electron chi connectivity index (χ2n) is 3.99. The molecule has 0 aliphatic rings. The van der Waals surface area contributed by atoms with Crippen molar-refractivity contribution in [3.8, 4) is 17.6 Å². The van der Waals surface area contributed by atoms with Crippen molar-refractivity contribution in [1.82, 2.24) is 20.3 Å². The molecule has 1 amide bonds. The van der Waals surface area contributed by atoms with Gasteiger partial charge in [-0.05, 0) is 24.3 Å². The fraction of sp³-hybridized carbons (Fsp3) is 0.214. The standard InChI is InChI=1S/C14H14N4O2/c1-18-10-13(16-17-18)14(19)15-9-3-4-11-5-7-12(20-2)8-6-11/h5-8,10H,9H2,1-2H3,(H,15,19). The number of nitrogens with zero attached hydrogens (tertiary/aromatic N) is 3. The van der Waals surface area contributed by atoms with Gasteiger partial charge in [0.1, 0.15) is 5.75 Å². The number of aryl methyl sites for hydroxylation is 1. The fourth-order valence-electron chi connectivity index (χ4n) is 1.49. The summed E-state index contributed by atoms with van der Waals surface area (Å²) in [4.78, 5) is 11.6. The first-order valence-electron chi connectivity index (χ1n) is 5.96. The van der Waals surface area contributed by atoms with Crippen LogP contribution in [-0.2, 0) is 7.05 Å². The number of benzene rings is 1. The highest BCUT2D eigenvalue weighted by molar-refractivity contribution is 5.91. The van der Waals surface area contributed by atoms with E-state index in [-0.39, 0.29) is 18.1 Å². The Bertz CT molecular complexity index is 650. The van der Waals surface area contributed by atoms with Gasteiger partial charge in [-0.1, -0.05) is 17.1 Å². The van der Waals surface area contributed by atoms with E-state index in [4.69, 9.17) is 4.74 Å². The number of hydrogen-bond donors (Lipinski definition) is 1. The molecule has 0 spiro atoms. The molecule has 0 atom stereocenters. The number of carbonyl (C=O) groups is 1. The SMILES string of the molecule is COc1ccc(C#CCNC(=O)c2cn(C)nn2)cc1. The van der Waals surface area contributed by atoms with Crippen LogP contribution in [0.25, 0.3) is 0 Å². The number of rotatable bonds is 3. The van der Waals surface area contributed by atoms with Gasteiger partial charge in [-0.3, -0.25) is 9.48 Å². The smallest absolute Gasteiger partial charge is 0.274 e. The first kappa shape index (κ1) is 13.6. The van der Waals surface area contributed by atoms with Crippen molar-refractivity contribution in [2.75, 3.05) is 13.7 Å². The van der Waals surface area contributed by atoms with Gasteiger partial charge in [0.25, 0.3) is 5.91 Å². The second-order valence-corrected chi connectivity index (χ2v) is 3.99. The molecule has 1 N–H and O–H groups in total. The van der Waals surface area contributed by atoms with Gasteiger partial charge in [-0.2, -0.15) is 0 Å². The van der Waals surface area contributed by atoms with Gasteiger partial charge < -0.3 is 10.1 Å². The number of methoxy groups -OCH3 is 1. The zero-order valence-corrected chi connectivity index (χ0v) is 11.3. The number of hydrogen-bond acceptors (Lipinski definition) is 4. The summed E-state index contributed by atoms with van der Waals surface area (Å²) in [6.45, 7) is 0.251. The molecule has 6 nitrogen and oxygen atoms in total. The van der Waals surface area contributed by atoms with E-state index in [9.17, 15) is 4.79 Å². The van der Waals surface area contributed by atoms with E-state index >= 15 is 0 Å². The highest BCUT2D eigenvalue weighted by Gasteiger charge is 2.07. The Labute approximate surface area is 116 Å². The summed E-state index contributed by atoms with van der Waals surface area (Å²) in [5.74, 6) is 6.31. The molecule has 1 aromatic heterocycles. The van der Waals surface area contributed by atoms with Gasteiger partial charge in [-0.25, -0.2) is 0 Å². The topological polar surface area (TPSA) is 69.0 Å². The zero-order chi connectivity index (χ0) is 14.4. The van der Waals surface area contributed by atoms with E-state index < -0.39 is 0 Å². The maximum atomic E-state index is 11.6. The van der Waals surface area contributed by atoms with Crippen LogP contribution >= 0.6 is 0 Å². The Hall–Kier alpha value is -2.81. The van der Waals surface area contributed by atoms with E-state index in [1.807, 2.05) is 24.3 Å². The van der Waals surface area contributed by atoms with Crippen LogP contribution in [0.1, 0.15) is 16.1 Å². The maximum absolute atomic E-state index is 11.6. The molecule has 0 unspecified atom stereocenters. The van der Waals surface area contributed by atoms with Gasteiger partial charge in [0.15, 0.2) is 5.69 Å². The van der Waals surface area contributed by atoms with Crippen LogP contribution in [0.2, 0.25) is 0 Å². The molecule has 0 saturated carbocycles. The molecule has 1 heterocycles. The van der Waals surface area contributed by atoms with Crippen LogP contribution in [0.4, 0.5) is 0 Å². The lowest BCUT2D eigenvalue weighted by Gasteiger charge is -1.98. The van der Waals surface area contributed by atoms with Crippen LogP contribution in [0, 0.1) is 11.8 Å². The van der Waals surface area contributed by atoms with E-state index in [0.717, 1.165) is 11.3 Å². The zero-order valence-electron chi connectivity index (χ0n) is 11.3. The van der Waals surface area contributed by atoms with E-state index in [1.165, 1.54) is 4.68 Å². The molecular weight excluding hydrogens is 256 g/mol. The predicted molar refractivity (Wildman–Crippen MR) is 73.2 cm³/mol. The number of amides is 1. The van der Waals surface area contributed by atoms with Crippen molar-refractivity contribution in [1.29, 1.82) is 0 Å². The molecule has 6 heteroatoms. The van der Waals surface area contributed by atoms with Crippen molar-refractivity contribution in [2.45, 2.75) is 0 Å². The minimum Gasteiger partial charge on any atom is -0.497 e. The Morgan fingerprint density at radius 2 is 2.15 bits per heavy atom. The highest BCUT2D eigenvalue weighted by Crippen LogP contribution is 2.09. The third-order valence-electron chi connectivity index (χ3n) is 2.50. The average molecular weight is 270 g/mol. The summed E-state index contributed by atoms with van der Waals surface area (Å²) in [5, 5.41) is 10.1. The minimum atomic E-state index is -0.290. The molecule has 0 radical (unpaired) electrons. The summed E-state index contributed by atoms with van der Waals surface area (Å²) < 4.78 is 6.53. The minimum absolute atomic E-state index is 0.251. The maximum Gasteiger partial charge on any atom is 0.274 e. The van der Waals surface area contributed by atoms with Gasteiger partial charge >= 0.3 is 0 Å². The second kappa shape index (κ2) is 6.38. The van der Waals surface area contributed by atoms with Crippen molar-refractivity contribution in [3.05, 3.63) is 41.7 Å². The van der Waals surface area contributed by atoms with Crippen LogP contribution in [0.5, 0.6) is 5.75 Å². The molecule has 0 fully saturated rings. The van der Waals surface area contributed by atoms with Crippen molar-refractivity contribution < 1.29 is 9.53 Å². The monoisotopic (exact) mass is 270 g/mol. The van der Waals surface area contributed by atoms with E-state index in [1.54, 1.807) is 20.4 Å². The van der Waals surface area contributed by atoms with Crippen molar-refractivity contribution >= 4 is 5.91 Å². The molecule has 0 aliphatic heterocycles. The third-order valence-corrected chi connectivity index (χ3v) is 2.50. The van der Waals surface area contributed by atoms with Crippen molar-refractivity contribution in [2.24, 2.45) is 7.05 Å². The molecule has 2 aromatic rings. The predicted octanol–water partition coefficient (Wildman–Crippen LogP) is 0.605. The Morgan fingerprint density at radius 1 is 1.40 bits per heavy atom. The quantitative estimate of drug-likeness (QED) is 0.829. The third kappa shape index (κ3) is 3.59. The largest absolute Gasteiger partial charge is 0.497 e. The average Bonchev–Trinajstić information content (AvgIpc) is 2.91. The first-order chi connectivity index (χ1) is 9.69. The highest BCUT2D eigenvalue weighted by atomic mass is 16.5.